The number of fused-ring (bicyclic) bond motifs is 1. The van der Waals surface area contributed by atoms with E-state index in [0.29, 0.717) is 12.6 Å². The summed E-state index contributed by atoms with van der Waals surface area (Å²) >= 11 is 0. The Balaban J connectivity index is 1.65. The van der Waals surface area contributed by atoms with E-state index in [1.807, 2.05) is 24.3 Å². The van der Waals surface area contributed by atoms with Crippen molar-refractivity contribution in [3.8, 4) is 5.75 Å². The van der Waals surface area contributed by atoms with Gasteiger partial charge in [0.05, 0.1) is 13.2 Å². The fourth-order valence-corrected chi connectivity index (χ4v) is 3.15. The third-order valence-electron chi connectivity index (χ3n) is 4.42. The van der Waals surface area contributed by atoms with Gasteiger partial charge in [-0.05, 0) is 48.6 Å². The van der Waals surface area contributed by atoms with Crippen LogP contribution in [0.1, 0.15) is 40.8 Å². The Labute approximate surface area is 131 Å². The average Bonchev–Trinajstić information content (AvgIpc) is 2.94. The van der Waals surface area contributed by atoms with Gasteiger partial charge in [0, 0.05) is 12.6 Å². The Morgan fingerprint density at radius 3 is 2.95 bits per heavy atom. The zero-order valence-electron chi connectivity index (χ0n) is 13.2. The third kappa shape index (κ3) is 3.16. The van der Waals surface area contributed by atoms with Gasteiger partial charge in [-0.25, -0.2) is 0 Å². The molecular formula is C19H23NO2. The number of methoxy groups -OCH3 is 1. The topological polar surface area (TPSA) is 41.5 Å². The number of benzene rings is 2. The van der Waals surface area contributed by atoms with Crippen LogP contribution >= 0.6 is 0 Å². The first kappa shape index (κ1) is 15.1. The average molecular weight is 297 g/mol. The molecule has 2 aromatic carbocycles. The van der Waals surface area contributed by atoms with Crippen molar-refractivity contribution >= 4 is 0 Å². The molecule has 0 aromatic heterocycles. The molecule has 2 N–H and O–H groups in total. The molecule has 0 saturated carbocycles. The van der Waals surface area contributed by atoms with E-state index in [-0.39, 0.29) is 0 Å². The first-order chi connectivity index (χ1) is 10.7. The molecule has 0 aliphatic heterocycles. The van der Waals surface area contributed by atoms with Gasteiger partial charge in [-0.1, -0.05) is 35.9 Å². The lowest BCUT2D eigenvalue weighted by Crippen LogP contribution is -2.25. The first-order valence-corrected chi connectivity index (χ1v) is 7.82. The maximum atomic E-state index is 10.4. The van der Waals surface area contributed by atoms with Crippen LogP contribution in [0, 0.1) is 6.92 Å². The van der Waals surface area contributed by atoms with Crippen LogP contribution in [0.25, 0.3) is 0 Å². The van der Waals surface area contributed by atoms with Crippen molar-refractivity contribution in [3.05, 3.63) is 64.7 Å². The second kappa shape index (κ2) is 6.51. The van der Waals surface area contributed by atoms with Crippen LogP contribution < -0.4 is 10.1 Å². The Morgan fingerprint density at radius 2 is 2.14 bits per heavy atom. The second-order valence-corrected chi connectivity index (χ2v) is 5.99. The molecule has 0 spiro atoms. The summed E-state index contributed by atoms with van der Waals surface area (Å²) in [6, 6.07) is 14.6. The number of aryl methyl sites for hydroxylation is 2. The number of hydrogen-bond acceptors (Lipinski definition) is 3. The van der Waals surface area contributed by atoms with E-state index in [2.05, 4.69) is 30.4 Å². The molecule has 116 valence electrons. The highest BCUT2D eigenvalue weighted by Crippen LogP contribution is 2.32. The highest BCUT2D eigenvalue weighted by atomic mass is 16.5. The van der Waals surface area contributed by atoms with Crippen LogP contribution in [0.15, 0.2) is 42.5 Å². The van der Waals surface area contributed by atoms with Crippen molar-refractivity contribution in [1.82, 2.24) is 5.32 Å². The van der Waals surface area contributed by atoms with Gasteiger partial charge >= 0.3 is 0 Å². The first-order valence-electron chi connectivity index (χ1n) is 7.82. The number of ether oxygens (including phenoxy) is 1. The standard InChI is InChI=1S/C19H23NO2/c1-13-6-7-14-8-9-18(17(14)10-13)20-12-19(21)15-4-3-5-16(11-15)22-2/h3-7,10-11,18-21H,8-9,12H2,1-2H3. The van der Waals surface area contributed by atoms with E-state index in [1.165, 1.54) is 16.7 Å². The maximum Gasteiger partial charge on any atom is 0.119 e. The van der Waals surface area contributed by atoms with E-state index >= 15 is 0 Å². The van der Waals surface area contributed by atoms with E-state index in [1.54, 1.807) is 7.11 Å². The molecule has 0 fully saturated rings. The van der Waals surface area contributed by atoms with Crippen molar-refractivity contribution < 1.29 is 9.84 Å². The molecule has 3 nitrogen and oxygen atoms in total. The number of aliphatic hydroxyl groups is 1. The van der Waals surface area contributed by atoms with Crippen LogP contribution in [0.4, 0.5) is 0 Å². The van der Waals surface area contributed by atoms with Gasteiger partial charge in [-0.15, -0.1) is 0 Å². The molecule has 0 bridgehead atoms. The van der Waals surface area contributed by atoms with E-state index < -0.39 is 6.10 Å². The summed E-state index contributed by atoms with van der Waals surface area (Å²) in [5.41, 5.74) is 4.99. The second-order valence-electron chi connectivity index (χ2n) is 5.99. The molecule has 0 heterocycles. The Morgan fingerprint density at radius 1 is 1.27 bits per heavy atom. The van der Waals surface area contributed by atoms with Crippen LogP contribution in [-0.2, 0) is 6.42 Å². The highest BCUT2D eigenvalue weighted by Gasteiger charge is 2.22. The molecule has 2 atom stereocenters. The van der Waals surface area contributed by atoms with Gasteiger partial charge in [0.15, 0.2) is 0 Å². The van der Waals surface area contributed by atoms with Gasteiger partial charge in [0.25, 0.3) is 0 Å². The summed E-state index contributed by atoms with van der Waals surface area (Å²) < 4.78 is 5.21. The lowest BCUT2D eigenvalue weighted by molar-refractivity contribution is 0.169. The molecule has 2 aromatic rings. The van der Waals surface area contributed by atoms with Crippen molar-refractivity contribution in [2.45, 2.75) is 31.9 Å². The van der Waals surface area contributed by atoms with Gasteiger partial charge in [0.2, 0.25) is 0 Å². The molecule has 2 unspecified atom stereocenters. The fraction of sp³-hybridized carbons (Fsp3) is 0.368. The molecule has 0 saturated heterocycles. The van der Waals surface area contributed by atoms with E-state index in [0.717, 1.165) is 24.2 Å². The summed E-state index contributed by atoms with van der Waals surface area (Å²) in [6.07, 6.45) is 1.69. The zero-order chi connectivity index (χ0) is 15.5. The van der Waals surface area contributed by atoms with Gasteiger partial charge in [0.1, 0.15) is 5.75 Å². The molecular weight excluding hydrogens is 274 g/mol. The largest absolute Gasteiger partial charge is 0.497 e. The number of hydrogen-bond donors (Lipinski definition) is 2. The summed E-state index contributed by atoms with van der Waals surface area (Å²) in [4.78, 5) is 0. The molecule has 0 amide bonds. The van der Waals surface area contributed by atoms with Crippen LogP contribution in [0.2, 0.25) is 0 Å². The monoisotopic (exact) mass is 297 g/mol. The quantitative estimate of drug-likeness (QED) is 0.889. The fourth-order valence-electron chi connectivity index (χ4n) is 3.15. The van der Waals surface area contributed by atoms with Gasteiger partial charge in [-0.3, -0.25) is 0 Å². The lowest BCUT2D eigenvalue weighted by Gasteiger charge is -2.18. The van der Waals surface area contributed by atoms with E-state index in [9.17, 15) is 5.11 Å². The Hall–Kier alpha value is -1.84. The molecule has 3 heteroatoms. The molecule has 3 rings (SSSR count). The third-order valence-corrected chi connectivity index (χ3v) is 4.42. The minimum Gasteiger partial charge on any atom is -0.497 e. The van der Waals surface area contributed by atoms with E-state index in [4.69, 9.17) is 4.74 Å². The number of aliphatic hydroxyl groups excluding tert-OH is 1. The van der Waals surface area contributed by atoms with Crippen LogP contribution in [0.3, 0.4) is 0 Å². The molecule has 1 aliphatic carbocycles. The Bertz CT molecular complexity index is 654. The van der Waals surface area contributed by atoms with Crippen molar-refractivity contribution in [2.75, 3.05) is 13.7 Å². The SMILES string of the molecule is COc1cccc(C(O)CNC2CCc3ccc(C)cc32)c1. The van der Waals surface area contributed by atoms with Gasteiger partial charge in [-0.2, -0.15) is 0 Å². The lowest BCUT2D eigenvalue weighted by atomic mass is 10.0. The molecule has 22 heavy (non-hydrogen) atoms. The van der Waals surface area contributed by atoms with Crippen molar-refractivity contribution in [1.29, 1.82) is 0 Å². The summed E-state index contributed by atoms with van der Waals surface area (Å²) in [5.74, 6) is 0.776. The number of rotatable bonds is 5. The normalized spacial score (nSPS) is 18.0. The summed E-state index contributed by atoms with van der Waals surface area (Å²) in [6.45, 7) is 2.67. The summed E-state index contributed by atoms with van der Waals surface area (Å²) in [7, 11) is 1.64. The molecule has 1 aliphatic rings. The Kier molecular flexibility index (Phi) is 4.46. The predicted molar refractivity (Wildman–Crippen MR) is 88.2 cm³/mol. The van der Waals surface area contributed by atoms with Crippen LogP contribution in [-0.4, -0.2) is 18.8 Å². The van der Waals surface area contributed by atoms with Gasteiger partial charge < -0.3 is 15.2 Å². The van der Waals surface area contributed by atoms with Crippen LogP contribution in [0.5, 0.6) is 5.75 Å². The minimum absolute atomic E-state index is 0.343. The predicted octanol–water partition coefficient (Wildman–Crippen LogP) is 3.31. The minimum atomic E-state index is -0.524. The summed E-state index contributed by atoms with van der Waals surface area (Å²) in [5, 5.41) is 13.9. The highest BCUT2D eigenvalue weighted by molar-refractivity contribution is 5.37. The molecule has 0 radical (unpaired) electrons. The number of nitrogens with one attached hydrogen (secondary N) is 1. The van der Waals surface area contributed by atoms with Crippen molar-refractivity contribution in [2.24, 2.45) is 0 Å². The smallest absolute Gasteiger partial charge is 0.119 e. The maximum absolute atomic E-state index is 10.4. The zero-order valence-corrected chi connectivity index (χ0v) is 13.2. The van der Waals surface area contributed by atoms with Crippen molar-refractivity contribution in [3.63, 3.8) is 0 Å².